The van der Waals surface area contributed by atoms with Crippen LogP contribution in [0.25, 0.3) is 0 Å². The zero-order valence-electron chi connectivity index (χ0n) is 11.0. The lowest BCUT2D eigenvalue weighted by molar-refractivity contribution is 0.170. The second kappa shape index (κ2) is 7.61. The molecule has 1 aromatic rings. The molecule has 0 aromatic heterocycles. The lowest BCUT2D eigenvalue weighted by Crippen LogP contribution is -2.13. The van der Waals surface area contributed by atoms with Gasteiger partial charge in [-0.25, -0.2) is 0 Å². The number of nitrogens with one attached hydrogen (secondary N) is 1. The molecule has 0 aliphatic heterocycles. The molecular weight excluding hydrogens is 298 g/mol. The monoisotopic (exact) mass is 317 g/mol. The zero-order chi connectivity index (χ0) is 13.5. The molecule has 1 rings (SSSR count). The van der Waals surface area contributed by atoms with E-state index in [1.807, 2.05) is 26.1 Å². The van der Waals surface area contributed by atoms with Gasteiger partial charge in [0.2, 0.25) is 0 Å². The largest absolute Gasteiger partial charge is 0.493 e. The third-order valence-electron chi connectivity index (χ3n) is 2.49. The van der Waals surface area contributed by atoms with Gasteiger partial charge in [0.1, 0.15) is 0 Å². The standard InChI is InChI=1S/C13H20BrNO3/c1-9(7-16)8-18-13-11(14)4-10(6-15-2)5-12(13)17-3/h4-5,9,15-16H,6-8H2,1-3H3. The Bertz CT molecular complexity index is 385. The van der Waals surface area contributed by atoms with Gasteiger partial charge < -0.3 is 19.9 Å². The summed E-state index contributed by atoms with van der Waals surface area (Å²) in [5.74, 6) is 1.47. The smallest absolute Gasteiger partial charge is 0.175 e. The van der Waals surface area contributed by atoms with Gasteiger partial charge >= 0.3 is 0 Å². The van der Waals surface area contributed by atoms with Crippen LogP contribution in [0.15, 0.2) is 16.6 Å². The fraction of sp³-hybridized carbons (Fsp3) is 0.538. The van der Waals surface area contributed by atoms with Crippen molar-refractivity contribution in [2.45, 2.75) is 13.5 Å². The van der Waals surface area contributed by atoms with Gasteiger partial charge in [0.05, 0.1) is 18.2 Å². The number of methoxy groups -OCH3 is 1. The van der Waals surface area contributed by atoms with E-state index >= 15 is 0 Å². The van der Waals surface area contributed by atoms with Crippen LogP contribution in [-0.2, 0) is 6.54 Å². The topological polar surface area (TPSA) is 50.7 Å². The number of benzene rings is 1. The van der Waals surface area contributed by atoms with Crippen LogP contribution in [0.3, 0.4) is 0 Å². The van der Waals surface area contributed by atoms with Crippen molar-refractivity contribution in [2.24, 2.45) is 5.92 Å². The lowest BCUT2D eigenvalue weighted by atomic mass is 10.2. The highest BCUT2D eigenvalue weighted by Crippen LogP contribution is 2.36. The summed E-state index contributed by atoms with van der Waals surface area (Å²) in [5, 5.41) is 12.1. The Morgan fingerprint density at radius 3 is 2.72 bits per heavy atom. The van der Waals surface area contributed by atoms with E-state index in [0.717, 1.165) is 16.6 Å². The third kappa shape index (κ3) is 4.15. The highest BCUT2D eigenvalue weighted by Gasteiger charge is 2.12. The molecule has 0 saturated heterocycles. The summed E-state index contributed by atoms with van der Waals surface area (Å²) in [4.78, 5) is 0. The Labute approximate surface area is 116 Å². The van der Waals surface area contributed by atoms with Crippen molar-refractivity contribution in [3.8, 4) is 11.5 Å². The van der Waals surface area contributed by atoms with Gasteiger partial charge in [0.15, 0.2) is 11.5 Å². The van der Waals surface area contributed by atoms with Crippen LogP contribution in [0.1, 0.15) is 12.5 Å². The Balaban J connectivity index is 2.89. The number of aliphatic hydroxyl groups is 1. The van der Waals surface area contributed by atoms with Crippen molar-refractivity contribution < 1.29 is 14.6 Å². The van der Waals surface area contributed by atoms with Crippen LogP contribution in [-0.4, -0.2) is 32.5 Å². The minimum atomic E-state index is 0.0959. The molecule has 0 spiro atoms. The maximum absolute atomic E-state index is 8.99. The van der Waals surface area contributed by atoms with E-state index in [-0.39, 0.29) is 12.5 Å². The Hall–Kier alpha value is -0.780. The SMILES string of the molecule is CNCc1cc(Br)c(OCC(C)CO)c(OC)c1. The van der Waals surface area contributed by atoms with Crippen LogP contribution < -0.4 is 14.8 Å². The van der Waals surface area contributed by atoms with Gasteiger partial charge in [0.25, 0.3) is 0 Å². The highest BCUT2D eigenvalue weighted by atomic mass is 79.9. The molecule has 0 aliphatic carbocycles. The van der Waals surface area contributed by atoms with Crippen molar-refractivity contribution in [1.29, 1.82) is 0 Å². The summed E-state index contributed by atoms with van der Waals surface area (Å²) in [5.41, 5.74) is 1.11. The first-order chi connectivity index (χ1) is 8.62. The Morgan fingerprint density at radius 1 is 1.44 bits per heavy atom. The first kappa shape index (κ1) is 15.3. The number of aliphatic hydroxyl groups excluding tert-OH is 1. The molecule has 0 heterocycles. The molecule has 4 nitrogen and oxygen atoms in total. The maximum Gasteiger partial charge on any atom is 0.175 e. The van der Waals surface area contributed by atoms with Crippen molar-refractivity contribution in [3.05, 3.63) is 22.2 Å². The molecule has 0 fully saturated rings. The van der Waals surface area contributed by atoms with Crippen LogP contribution in [0.4, 0.5) is 0 Å². The molecule has 0 radical (unpaired) electrons. The molecule has 0 saturated carbocycles. The van der Waals surface area contributed by atoms with E-state index in [1.54, 1.807) is 7.11 Å². The van der Waals surface area contributed by atoms with E-state index in [0.29, 0.717) is 18.1 Å². The fourth-order valence-corrected chi connectivity index (χ4v) is 2.10. The van der Waals surface area contributed by atoms with Gasteiger partial charge in [-0.2, -0.15) is 0 Å². The number of hydrogen-bond donors (Lipinski definition) is 2. The average molecular weight is 318 g/mol. The summed E-state index contributed by atoms with van der Waals surface area (Å²) in [6, 6.07) is 3.94. The Morgan fingerprint density at radius 2 is 2.17 bits per heavy atom. The molecule has 18 heavy (non-hydrogen) atoms. The predicted molar refractivity (Wildman–Crippen MR) is 75.2 cm³/mol. The molecule has 1 atom stereocenters. The van der Waals surface area contributed by atoms with Gasteiger partial charge in [0, 0.05) is 19.1 Å². The summed E-state index contributed by atoms with van der Waals surface area (Å²) in [6.07, 6.45) is 0. The second-order valence-corrected chi connectivity index (χ2v) is 5.09. The van der Waals surface area contributed by atoms with E-state index in [9.17, 15) is 0 Å². The summed E-state index contributed by atoms with van der Waals surface area (Å²) >= 11 is 3.49. The summed E-state index contributed by atoms with van der Waals surface area (Å²) in [6.45, 7) is 3.26. The van der Waals surface area contributed by atoms with Crippen LogP contribution in [0, 0.1) is 5.92 Å². The quantitative estimate of drug-likeness (QED) is 0.809. The lowest BCUT2D eigenvalue weighted by Gasteiger charge is -2.16. The van der Waals surface area contributed by atoms with Gasteiger partial charge in [-0.3, -0.25) is 0 Å². The van der Waals surface area contributed by atoms with Gasteiger partial charge in [-0.15, -0.1) is 0 Å². The first-order valence-corrected chi connectivity index (χ1v) is 6.66. The van der Waals surface area contributed by atoms with Crippen molar-refractivity contribution in [3.63, 3.8) is 0 Å². The van der Waals surface area contributed by atoms with Crippen molar-refractivity contribution >= 4 is 15.9 Å². The highest BCUT2D eigenvalue weighted by molar-refractivity contribution is 9.10. The molecule has 0 amide bonds. The molecule has 1 aromatic carbocycles. The van der Waals surface area contributed by atoms with Crippen molar-refractivity contribution in [2.75, 3.05) is 27.4 Å². The second-order valence-electron chi connectivity index (χ2n) is 4.24. The fourth-order valence-electron chi connectivity index (χ4n) is 1.50. The summed E-state index contributed by atoms with van der Waals surface area (Å²) in [7, 11) is 3.51. The molecular formula is C13H20BrNO3. The van der Waals surface area contributed by atoms with Crippen LogP contribution in [0.5, 0.6) is 11.5 Å². The predicted octanol–water partition coefficient (Wildman–Crippen LogP) is 2.18. The minimum absolute atomic E-state index is 0.0959. The van der Waals surface area contributed by atoms with Gasteiger partial charge in [-0.05, 0) is 40.7 Å². The number of hydrogen-bond acceptors (Lipinski definition) is 4. The van der Waals surface area contributed by atoms with E-state index in [2.05, 4.69) is 21.2 Å². The van der Waals surface area contributed by atoms with Crippen LogP contribution >= 0.6 is 15.9 Å². The summed E-state index contributed by atoms with van der Waals surface area (Å²) < 4.78 is 11.9. The van der Waals surface area contributed by atoms with Crippen molar-refractivity contribution in [1.82, 2.24) is 5.32 Å². The van der Waals surface area contributed by atoms with Crippen LogP contribution in [0.2, 0.25) is 0 Å². The zero-order valence-corrected chi connectivity index (χ0v) is 12.6. The molecule has 2 N–H and O–H groups in total. The number of ether oxygens (including phenoxy) is 2. The van der Waals surface area contributed by atoms with E-state index in [4.69, 9.17) is 14.6 Å². The Kier molecular flexibility index (Phi) is 6.46. The third-order valence-corrected chi connectivity index (χ3v) is 3.08. The first-order valence-electron chi connectivity index (χ1n) is 5.87. The van der Waals surface area contributed by atoms with Gasteiger partial charge in [-0.1, -0.05) is 6.92 Å². The van der Waals surface area contributed by atoms with E-state index < -0.39 is 0 Å². The average Bonchev–Trinajstić information content (AvgIpc) is 2.36. The normalized spacial score (nSPS) is 12.3. The van der Waals surface area contributed by atoms with E-state index in [1.165, 1.54) is 0 Å². The molecule has 0 aliphatic rings. The number of halogens is 1. The molecule has 102 valence electrons. The number of rotatable bonds is 7. The molecule has 5 heteroatoms. The molecule has 1 unspecified atom stereocenters. The minimum Gasteiger partial charge on any atom is -0.493 e. The molecule has 0 bridgehead atoms. The maximum atomic E-state index is 8.99.